The molecule has 1 fully saturated rings. The zero-order chi connectivity index (χ0) is 8.55. The van der Waals surface area contributed by atoms with Crippen LogP contribution in [0.25, 0.3) is 0 Å². The van der Waals surface area contributed by atoms with Gasteiger partial charge in [-0.05, 0) is 0 Å². The molecule has 0 aliphatic carbocycles. The lowest BCUT2D eigenvalue weighted by Gasteiger charge is -2.26. The molecule has 64 valence electrons. The van der Waals surface area contributed by atoms with Gasteiger partial charge in [-0.3, -0.25) is 0 Å². The summed E-state index contributed by atoms with van der Waals surface area (Å²) >= 11 is 0. The van der Waals surface area contributed by atoms with Crippen LogP contribution in [0.15, 0.2) is 12.5 Å². The molecule has 5 nitrogen and oxygen atoms in total. The minimum atomic E-state index is -0.992. The Balaban J connectivity index is 2.17. The van der Waals surface area contributed by atoms with Gasteiger partial charge in [0.15, 0.2) is 5.69 Å². The zero-order valence-electron chi connectivity index (χ0n) is 6.30. The molecule has 1 aromatic heterocycles. The number of carboxylic acids is 1. The van der Waals surface area contributed by atoms with Crippen LogP contribution in [0.2, 0.25) is 0 Å². The number of hydrogen-bond acceptors (Lipinski definition) is 3. The first kappa shape index (κ1) is 7.30. The highest BCUT2D eigenvalue weighted by Crippen LogP contribution is 2.16. The summed E-state index contributed by atoms with van der Waals surface area (Å²) in [6.45, 7) is 1.30. The van der Waals surface area contributed by atoms with E-state index in [4.69, 9.17) is 9.84 Å². The molecular weight excluding hydrogens is 160 g/mol. The van der Waals surface area contributed by atoms with Gasteiger partial charge in [0.05, 0.1) is 25.6 Å². The van der Waals surface area contributed by atoms with Crippen LogP contribution in [0.3, 0.4) is 0 Å². The molecule has 0 aromatic carbocycles. The van der Waals surface area contributed by atoms with Gasteiger partial charge in [0.25, 0.3) is 0 Å². The number of imidazole rings is 1. The molecule has 0 bridgehead atoms. The van der Waals surface area contributed by atoms with Crippen molar-refractivity contribution in [3.63, 3.8) is 0 Å². The van der Waals surface area contributed by atoms with Crippen molar-refractivity contribution >= 4 is 5.97 Å². The number of ether oxygens (including phenoxy) is 1. The number of nitrogens with zero attached hydrogens (tertiary/aromatic N) is 2. The molecule has 0 amide bonds. The number of aromatic nitrogens is 2. The van der Waals surface area contributed by atoms with Crippen LogP contribution in [0, 0.1) is 0 Å². The van der Waals surface area contributed by atoms with Gasteiger partial charge in [-0.25, -0.2) is 9.78 Å². The smallest absolute Gasteiger partial charge is 0.356 e. The minimum absolute atomic E-state index is 0.0851. The average molecular weight is 168 g/mol. The Hall–Kier alpha value is -1.36. The predicted octanol–water partition coefficient (Wildman–Crippen LogP) is 0.153. The molecule has 0 saturated carbocycles. The third-order valence-corrected chi connectivity index (χ3v) is 1.86. The summed E-state index contributed by atoms with van der Waals surface area (Å²) in [4.78, 5) is 14.2. The van der Waals surface area contributed by atoms with Crippen LogP contribution in [0.5, 0.6) is 0 Å². The summed E-state index contributed by atoms with van der Waals surface area (Å²) in [5, 5.41) is 8.56. The van der Waals surface area contributed by atoms with Crippen LogP contribution >= 0.6 is 0 Å². The van der Waals surface area contributed by atoms with Gasteiger partial charge in [0, 0.05) is 6.20 Å². The van der Waals surface area contributed by atoms with Gasteiger partial charge in [0.1, 0.15) is 0 Å². The standard InChI is InChI=1S/C7H8N2O3/c10-7(11)6-1-9(4-8-6)5-2-12-3-5/h1,4-5H,2-3H2,(H,10,11). The van der Waals surface area contributed by atoms with Crippen molar-refractivity contribution < 1.29 is 14.6 Å². The Morgan fingerprint density at radius 1 is 1.75 bits per heavy atom. The number of hydrogen-bond donors (Lipinski definition) is 1. The summed E-state index contributed by atoms with van der Waals surface area (Å²) in [6, 6.07) is 0.269. The van der Waals surface area contributed by atoms with E-state index in [0.29, 0.717) is 13.2 Å². The van der Waals surface area contributed by atoms with E-state index in [1.807, 2.05) is 0 Å². The van der Waals surface area contributed by atoms with Crippen molar-refractivity contribution in [3.05, 3.63) is 18.2 Å². The van der Waals surface area contributed by atoms with Crippen molar-refractivity contribution in [1.82, 2.24) is 9.55 Å². The van der Waals surface area contributed by atoms with Crippen molar-refractivity contribution in [1.29, 1.82) is 0 Å². The van der Waals surface area contributed by atoms with Crippen molar-refractivity contribution in [2.45, 2.75) is 6.04 Å². The first-order valence-electron chi connectivity index (χ1n) is 3.62. The topological polar surface area (TPSA) is 64.3 Å². The lowest BCUT2D eigenvalue weighted by molar-refractivity contribution is -0.0234. The molecule has 5 heteroatoms. The summed E-state index contributed by atoms with van der Waals surface area (Å²) in [5.74, 6) is -0.992. The van der Waals surface area contributed by atoms with Crippen LogP contribution in [0.4, 0.5) is 0 Å². The second kappa shape index (κ2) is 2.60. The molecule has 1 aliphatic rings. The molecule has 0 unspecified atom stereocenters. The molecule has 2 rings (SSSR count). The van der Waals surface area contributed by atoms with Gasteiger partial charge in [-0.1, -0.05) is 0 Å². The quantitative estimate of drug-likeness (QED) is 0.682. The van der Waals surface area contributed by atoms with Crippen LogP contribution in [0.1, 0.15) is 16.5 Å². The molecule has 0 atom stereocenters. The largest absolute Gasteiger partial charge is 0.476 e. The maximum Gasteiger partial charge on any atom is 0.356 e. The molecule has 1 aliphatic heterocycles. The van der Waals surface area contributed by atoms with Crippen LogP contribution < -0.4 is 0 Å². The highest BCUT2D eigenvalue weighted by atomic mass is 16.5. The lowest BCUT2D eigenvalue weighted by atomic mass is 10.2. The van der Waals surface area contributed by atoms with Gasteiger partial charge in [-0.2, -0.15) is 0 Å². The number of carboxylic acid groups (broad SMARTS) is 1. The third kappa shape index (κ3) is 1.08. The van der Waals surface area contributed by atoms with Crippen molar-refractivity contribution in [2.24, 2.45) is 0 Å². The fourth-order valence-electron chi connectivity index (χ4n) is 1.04. The van der Waals surface area contributed by atoms with E-state index in [1.54, 1.807) is 4.57 Å². The van der Waals surface area contributed by atoms with Gasteiger partial charge >= 0.3 is 5.97 Å². The third-order valence-electron chi connectivity index (χ3n) is 1.86. The molecule has 1 N–H and O–H groups in total. The normalized spacial score (nSPS) is 17.3. The molecule has 1 saturated heterocycles. The van der Waals surface area contributed by atoms with Crippen LogP contribution in [-0.4, -0.2) is 33.8 Å². The summed E-state index contributed by atoms with van der Waals surface area (Å²) in [6.07, 6.45) is 3.05. The van der Waals surface area contributed by atoms with Gasteiger partial charge in [-0.15, -0.1) is 0 Å². The van der Waals surface area contributed by atoms with E-state index in [9.17, 15) is 4.79 Å². The fourth-order valence-corrected chi connectivity index (χ4v) is 1.04. The maximum atomic E-state index is 10.4. The van der Waals surface area contributed by atoms with E-state index in [1.165, 1.54) is 12.5 Å². The number of carbonyl (C=O) groups is 1. The van der Waals surface area contributed by atoms with E-state index in [0.717, 1.165) is 0 Å². The Kier molecular flexibility index (Phi) is 1.58. The first-order chi connectivity index (χ1) is 5.77. The van der Waals surface area contributed by atoms with E-state index < -0.39 is 5.97 Å². The van der Waals surface area contributed by atoms with Crippen LogP contribution in [-0.2, 0) is 4.74 Å². The second-order valence-corrected chi connectivity index (χ2v) is 2.70. The van der Waals surface area contributed by atoms with Crippen molar-refractivity contribution in [3.8, 4) is 0 Å². The van der Waals surface area contributed by atoms with E-state index in [2.05, 4.69) is 4.98 Å². The zero-order valence-corrected chi connectivity index (χ0v) is 6.30. The van der Waals surface area contributed by atoms with E-state index >= 15 is 0 Å². The van der Waals surface area contributed by atoms with Gasteiger partial charge < -0.3 is 14.4 Å². The number of rotatable bonds is 2. The van der Waals surface area contributed by atoms with E-state index in [-0.39, 0.29) is 11.7 Å². The highest BCUT2D eigenvalue weighted by molar-refractivity contribution is 5.84. The molecular formula is C7H8N2O3. The minimum Gasteiger partial charge on any atom is -0.476 e. The van der Waals surface area contributed by atoms with Gasteiger partial charge in [0.2, 0.25) is 0 Å². The SMILES string of the molecule is O=C(O)c1cn(C2COC2)cn1. The monoisotopic (exact) mass is 168 g/mol. The number of aromatic carboxylic acids is 1. The Bertz CT molecular complexity index is 303. The molecule has 0 radical (unpaired) electrons. The lowest BCUT2D eigenvalue weighted by Crippen LogP contribution is -2.29. The Labute approximate surface area is 68.6 Å². The van der Waals surface area contributed by atoms with Crippen molar-refractivity contribution in [2.75, 3.05) is 13.2 Å². The predicted molar refractivity (Wildman–Crippen MR) is 39.0 cm³/mol. The molecule has 1 aromatic rings. The summed E-state index contributed by atoms with van der Waals surface area (Å²) < 4.78 is 6.73. The fraction of sp³-hybridized carbons (Fsp3) is 0.429. The Morgan fingerprint density at radius 2 is 2.50 bits per heavy atom. The molecule has 12 heavy (non-hydrogen) atoms. The second-order valence-electron chi connectivity index (χ2n) is 2.70. The maximum absolute atomic E-state index is 10.4. The summed E-state index contributed by atoms with van der Waals surface area (Å²) in [7, 11) is 0. The molecule has 2 heterocycles. The Morgan fingerprint density at radius 3 is 2.92 bits per heavy atom. The molecule has 0 spiro atoms. The average Bonchev–Trinajstić information content (AvgIpc) is 2.32. The first-order valence-corrected chi connectivity index (χ1v) is 3.62. The summed E-state index contributed by atoms with van der Waals surface area (Å²) in [5.41, 5.74) is 0.0851. The highest BCUT2D eigenvalue weighted by Gasteiger charge is 2.21.